The standard InChI is InChI=1S/C12H17NO2/c1-3-9(8-12(14)15-2)10-5-4-6-11(13)7-10/h4-7,9H,3,8,13H2,1-2H3/t9-/m1/s1. The van der Waals surface area contributed by atoms with Gasteiger partial charge in [-0.2, -0.15) is 0 Å². The predicted molar refractivity (Wildman–Crippen MR) is 60.5 cm³/mol. The van der Waals surface area contributed by atoms with Crippen LogP contribution in [0, 0.1) is 0 Å². The fourth-order valence-corrected chi connectivity index (χ4v) is 1.60. The van der Waals surface area contributed by atoms with E-state index in [2.05, 4.69) is 11.7 Å². The van der Waals surface area contributed by atoms with Crippen molar-refractivity contribution >= 4 is 11.7 Å². The highest BCUT2D eigenvalue weighted by Gasteiger charge is 2.14. The zero-order valence-electron chi connectivity index (χ0n) is 9.19. The molecule has 1 aromatic carbocycles. The number of esters is 1. The Hall–Kier alpha value is -1.51. The molecule has 2 N–H and O–H groups in total. The van der Waals surface area contributed by atoms with E-state index in [9.17, 15) is 4.79 Å². The van der Waals surface area contributed by atoms with E-state index in [1.807, 2.05) is 24.3 Å². The maximum atomic E-state index is 11.2. The lowest BCUT2D eigenvalue weighted by Crippen LogP contribution is -2.08. The number of carbonyl (C=O) groups is 1. The predicted octanol–water partition coefficient (Wildman–Crippen LogP) is 2.33. The average molecular weight is 207 g/mol. The van der Waals surface area contributed by atoms with E-state index in [0.29, 0.717) is 6.42 Å². The Balaban J connectivity index is 2.78. The number of ether oxygens (including phenoxy) is 1. The van der Waals surface area contributed by atoms with E-state index >= 15 is 0 Å². The van der Waals surface area contributed by atoms with Crippen LogP contribution in [0.3, 0.4) is 0 Å². The fourth-order valence-electron chi connectivity index (χ4n) is 1.60. The van der Waals surface area contributed by atoms with Gasteiger partial charge in [0.2, 0.25) is 0 Å². The molecule has 0 aliphatic heterocycles. The van der Waals surface area contributed by atoms with Crippen LogP contribution in [0.1, 0.15) is 31.2 Å². The van der Waals surface area contributed by atoms with E-state index in [-0.39, 0.29) is 11.9 Å². The van der Waals surface area contributed by atoms with Gasteiger partial charge in [-0.1, -0.05) is 19.1 Å². The third-order valence-electron chi connectivity index (χ3n) is 2.52. The number of nitrogen functional groups attached to an aromatic ring is 1. The summed E-state index contributed by atoms with van der Waals surface area (Å²) in [5.74, 6) is 0.0187. The summed E-state index contributed by atoms with van der Waals surface area (Å²) >= 11 is 0. The zero-order valence-corrected chi connectivity index (χ0v) is 9.19. The van der Waals surface area contributed by atoms with Gasteiger partial charge in [-0.3, -0.25) is 4.79 Å². The highest BCUT2D eigenvalue weighted by atomic mass is 16.5. The van der Waals surface area contributed by atoms with Gasteiger partial charge < -0.3 is 10.5 Å². The van der Waals surface area contributed by atoms with E-state index in [4.69, 9.17) is 5.73 Å². The summed E-state index contributed by atoms with van der Waals surface area (Å²) in [5, 5.41) is 0. The Morgan fingerprint density at radius 3 is 2.80 bits per heavy atom. The quantitative estimate of drug-likeness (QED) is 0.609. The van der Waals surface area contributed by atoms with Crippen LogP contribution < -0.4 is 5.73 Å². The third-order valence-corrected chi connectivity index (χ3v) is 2.52. The molecule has 0 saturated heterocycles. The van der Waals surface area contributed by atoms with E-state index in [1.165, 1.54) is 7.11 Å². The number of hydrogen-bond donors (Lipinski definition) is 1. The minimum Gasteiger partial charge on any atom is -0.469 e. The molecular formula is C12H17NO2. The first kappa shape index (κ1) is 11.6. The lowest BCUT2D eigenvalue weighted by atomic mass is 9.93. The molecule has 1 rings (SSSR count). The van der Waals surface area contributed by atoms with Crippen LogP contribution in [0.2, 0.25) is 0 Å². The fraction of sp³-hybridized carbons (Fsp3) is 0.417. The number of anilines is 1. The van der Waals surface area contributed by atoms with Crippen molar-refractivity contribution in [2.24, 2.45) is 0 Å². The summed E-state index contributed by atoms with van der Waals surface area (Å²) in [6, 6.07) is 7.66. The maximum Gasteiger partial charge on any atom is 0.306 e. The lowest BCUT2D eigenvalue weighted by molar-refractivity contribution is -0.141. The van der Waals surface area contributed by atoms with Gasteiger partial charge in [0, 0.05) is 5.69 Å². The molecule has 0 radical (unpaired) electrons. The van der Waals surface area contributed by atoms with E-state index < -0.39 is 0 Å². The van der Waals surface area contributed by atoms with Crippen molar-refractivity contribution in [3.63, 3.8) is 0 Å². The Morgan fingerprint density at radius 2 is 2.27 bits per heavy atom. The molecule has 0 heterocycles. The highest BCUT2D eigenvalue weighted by Crippen LogP contribution is 2.24. The Labute approximate surface area is 90.2 Å². The molecule has 1 aromatic rings. The van der Waals surface area contributed by atoms with E-state index in [0.717, 1.165) is 17.7 Å². The van der Waals surface area contributed by atoms with Gasteiger partial charge >= 0.3 is 5.97 Å². The second kappa shape index (κ2) is 5.39. The second-order valence-electron chi connectivity index (χ2n) is 3.56. The van der Waals surface area contributed by atoms with Gasteiger partial charge in [-0.25, -0.2) is 0 Å². The summed E-state index contributed by atoms with van der Waals surface area (Å²) in [6.07, 6.45) is 1.31. The van der Waals surface area contributed by atoms with Crippen LogP contribution in [0.15, 0.2) is 24.3 Å². The Bertz CT molecular complexity index is 336. The molecule has 0 saturated carbocycles. The summed E-state index contributed by atoms with van der Waals surface area (Å²) in [6.45, 7) is 2.05. The van der Waals surface area contributed by atoms with Gasteiger partial charge in [0.05, 0.1) is 13.5 Å². The van der Waals surface area contributed by atoms with Gasteiger partial charge in [-0.15, -0.1) is 0 Å². The summed E-state index contributed by atoms with van der Waals surface area (Å²) in [4.78, 5) is 11.2. The molecule has 0 spiro atoms. The number of hydrogen-bond acceptors (Lipinski definition) is 3. The molecule has 82 valence electrons. The average Bonchev–Trinajstić information content (AvgIpc) is 2.25. The summed E-state index contributed by atoms with van der Waals surface area (Å²) < 4.78 is 4.66. The topological polar surface area (TPSA) is 52.3 Å². The Kier molecular flexibility index (Phi) is 4.16. The number of methoxy groups -OCH3 is 1. The maximum absolute atomic E-state index is 11.2. The molecule has 1 atom stereocenters. The molecule has 0 aromatic heterocycles. The molecule has 3 nitrogen and oxygen atoms in total. The van der Waals surface area contributed by atoms with Crippen molar-refractivity contribution in [2.45, 2.75) is 25.7 Å². The zero-order chi connectivity index (χ0) is 11.3. The molecular weight excluding hydrogens is 190 g/mol. The van der Waals surface area contributed by atoms with Gasteiger partial charge in [-0.05, 0) is 30.0 Å². The molecule has 15 heavy (non-hydrogen) atoms. The normalized spacial score (nSPS) is 12.1. The lowest BCUT2D eigenvalue weighted by Gasteiger charge is -2.14. The van der Waals surface area contributed by atoms with Crippen LogP contribution >= 0.6 is 0 Å². The van der Waals surface area contributed by atoms with Crippen molar-refractivity contribution in [1.82, 2.24) is 0 Å². The summed E-state index contributed by atoms with van der Waals surface area (Å²) in [5.41, 5.74) is 7.53. The minimum absolute atomic E-state index is 0.177. The van der Waals surface area contributed by atoms with Crippen LogP contribution in [-0.2, 0) is 9.53 Å². The highest BCUT2D eigenvalue weighted by molar-refractivity contribution is 5.70. The minimum atomic E-state index is -0.177. The first-order valence-corrected chi connectivity index (χ1v) is 5.09. The summed E-state index contributed by atoms with van der Waals surface area (Å²) in [7, 11) is 1.41. The molecule has 0 unspecified atom stereocenters. The van der Waals surface area contributed by atoms with Crippen molar-refractivity contribution < 1.29 is 9.53 Å². The van der Waals surface area contributed by atoms with Crippen molar-refractivity contribution in [3.05, 3.63) is 29.8 Å². The SMILES string of the molecule is CC[C@H](CC(=O)OC)c1cccc(N)c1. The van der Waals surface area contributed by atoms with Crippen LogP contribution in [-0.4, -0.2) is 13.1 Å². The number of carbonyl (C=O) groups excluding carboxylic acids is 1. The first-order valence-electron chi connectivity index (χ1n) is 5.09. The second-order valence-corrected chi connectivity index (χ2v) is 3.56. The largest absolute Gasteiger partial charge is 0.469 e. The smallest absolute Gasteiger partial charge is 0.306 e. The van der Waals surface area contributed by atoms with Crippen molar-refractivity contribution in [2.75, 3.05) is 12.8 Å². The molecule has 0 fully saturated rings. The van der Waals surface area contributed by atoms with Crippen LogP contribution in [0.5, 0.6) is 0 Å². The molecule has 3 heteroatoms. The van der Waals surface area contributed by atoms with Crippen LogP contribution in [0.25, 0.3) is 0 Å². The van der Waals surface area contributed by atoms with Crippen molar-refractivity contribution in [3.8, 4) is 0 Å². The van der Waals surface area contributed by atoms with Crippen molar-refractivity contribution in [1.29, 1.82) is 0 Å². The number of nitrogens with two attached hydrogens (primary N) is 1. The van der Waals surface area contributed by atoms with Gasteiger partial charge in [0.1, 0.15) is 0 Å². The number of benzene rings is 1. The first-order chi connectivity index (χ1) is 7.17. The number of rotatable bonds is 4. The molecule has 0 amide bonds. The third kappa shape index (κ3) is 3.27. The van der Waals surface area contributed by atoms with Crippen LogP contribution in [0.4, 0.5) is 5.69 Å². The molecule has 0 aliphatic carbocycles. The monoisotopic (exact) mass is 207 g/mol. The van der Waals surface area contributed by atoms with Gasteiger partial charge in [0.25, 0.3) is 0 Å². The molecule has 0 bridgehead atoms. The molecule has 0 aliphatic rings. The Morgan fingerprint density at radius 1 is 1.53 bits per heavy atom. The van der Waals surface area contributed by atoms with E-state index in [1.54, 1.807) is 0 Å². The van der Waals surface area contributed by atoms with Gasteiger partial charge in [0.15, 0.2) is 0 Å².